The smallest absolute Gasteiger partial charge is 0.383 e. The maximum absolute atomic E-state index is 12.9. The van der Waals surface area contributed by atoms with Gasteiger partial charge in [-0.15, -0.1) is 0 Å². The van der Waals surface area contributed by atoms with Gasteiger partial charge in [0, 0.05) is 13.1 Å². The van der Waals surface area contributed by atoms with Crippen molar-refractivity contribution in [1.82, 2.24) is 4.90 Å². The number of hydrogen-bond donors (Lipinski definition) is 1. The molecule has 1 N–H and O–H groups in total. The van der Waals surface area contributed by atoms with Gasteiger partial charge < -0.3 is 10.0 Å². The van der Waals surface area contributed by atoms with E-state index in [1.54, 1.807) is 4.90 Å². The highest BCUT2D eigenvalue weighted by atomic mass is 19.4. The summed E-state index contributed by atoms with van der Waals surface area (Å²) in [6.07, 6.45) is -4.44. The number of piperidine rings is 1. The Labute approximate surface area is 139 Å². The van der Waals surface area contributed by atoms with Gasteiger partial charge in [0.15, 0.2) is 6.10 Å². The van der Waals surface area contributed by atoms with Crippen LogP contribution in [0.2, 0.25) is 0 Å². The number of aliphatic hydroxyl groups is 1. The Kier molecular flexibility index (Phi) is 4.85. The predicted molar refractivity (Wildman–Crippen MR) is 83.3 cm³/mol. The largest absolute Gasteiger partial charge is 0.414 e. The van der Waals surface area contributed by atoms with E-state index in [0.29, 0.717) is 5.92 Å². The van der Waals surface area contributed by atoms with Gasteiger partial charge in [-0.1, -0.05) is 30.3 Å². The molecule has 0 bridgehead atoms. The number of nitrogens with zero attached hydrogens (tertiary/aromatic N) is 1. The number of halogens is 3. The molecule has 1 aromatic carbocycles. The first-order chi connectivity index (χ1) is 11.4. The van der Waals surface area contributed by atoms with Gasteiger partial charge in [-0.3, -0.25) is 4.79 Å². The fourth-order valence-corrected chi connectivity index (χ4v) is 3.61. The van der Waals surface area contributed by atoms with Crippen molar-refractivity contribution in [2.45, 2.75) is 43.9 Å². The second kappa shape index (κ2) is 6.75. The van der Waals surface area contributed by atoms with Crippen LogP contribution in [0.25, 0.3) is 0 Å². The van der Waals surface area contributed by atoms with E-state index in [2.05, 4.69) is 0 Å². The van der Waals surface area contributed by atoms with E-state index < -0.39 is 18.2 Å². The summed E-state index contributed by atoms with van der Waals surface area (Å²) in [7, 11) is 0. The molecule has 1 aliphatic heterocycles. The first-order valence-electron chi connectivity index (χ1n) is 8.46. The lowest BCUT2D eigenvalue weighted by atomic mass is 9.88. The van der Waals surface area contributed by atoms with Crippen LogP contribution in [0.5, 0.6) is 0 Å². The van der Waals surface area contributed by atoms with Gasteiger partial charge in [0.25, 0.3) is 0 Å². The van der Waals surface area contributed by atoms with Gasteiger partial charge in [0.2, 0.25) is 5.91 Å². The van der Waals surface area contributed by atoms with Crippen LogP contribution in [-0.4, -0.2) is 41.3 Å². The molecule has 2 atom stereocenters. The third-order valence-electron chi connectivity index (χ3n) is 5.15. The number of aliphatic hydroxyl groups excluding tert-OH is 1. The monoisotopic (exact) mass is 341 g/mol. The first kappa shape index (κ1) is 17.3. The number of rotatable bonds is 4. The number of amides is 1. The van der Waals surface area contributed by atoms with Crippen LogP contribution >= 0.6 is 0 Å². The fraction of sp³-hybridized carbons (Fsp3) is 0.611. The molecule has 6 heteroatoms. The number of likely N-dealkylation sites (tertiary alicyclic amines) is 1. The fourth-order valence-electron chi connectivity index (χ4n) is 3.61. The van der Waals surface area contributed by atoms with Gasteiger partial charge in [0.1, 0.15) is 0 Å². The summed E-state index contributed by atoms with van der Waals surface area (Å²) in [5.41, 5.74) is 0.988. The highest BCUT2D eigenvalue weighted by Crippen LogP contribution is 2.44. The van der Waals surface area contributed by atoms with Crippen LogP contribution in [0, 0.1) is 11.8 Å². The zero-order valence-electron chi connectivity index (χ0n) is 13.4. The Morgan fingerprint density at radius 1 is 1.04 bits per heavy atom. The molecule has 0 aromatic heterocycles. The summed E-state index contributed by atoms with van der Waals surface area (Å²) in [6.45, 7) is 0.569. The summed E-state index contributed by atoms with van der Waals surface area (Å²) >= 11 is 0. The number of carbonyl (C=O) groups is 1. The molecular formula is C18H22F3NO2. The number of hydrogen-bond acceptors (Lipinski definition) is 2. The Hall–Kier alpha value is -1.56. The molecule has 24 heavy (non-hydrogen) atoms. The average Bonchev–Trinajstić information content (AvgIpc) is 3.39. The minimum absolute atomic E-state index is 0.0173. The van der Waals surface area contributed by atoms with Crippen LogP contribution in [-0.2, 0) is 4.79 Å². The lowest BCUT2D eigenvalue weighted by Gasteiger charge is -2.36. The zero-order valence-corrected chi connectivity index (χ0v) is 13.4. The Morgan fingerprint density at radius 2 is 1.62 bits per heavy atom. The van der Waals surface area contributed by atoms with Crippen LogP contribution in [0.3, 0.4) is 0 Å². The SMILES string of the molecule is O=C(C(c1ccccc1)C1CC1)N1CCC(C(O)C(F)(F)F)CC1. The topological polar surface area (TPSA) is 40.5 Å². The summed E-state index contributed by atoms with van der Waals surface area (Å²) < 4.78 is 37.9. The molecule has 1 heterocycles. The molecule has 0 radical (unpaired) electrons. The summed E-state index contributed by atoms with van der Waals surface area (Å²) in [5, 5.41) is 9.39. The molecule has 132 valence electrons. The van der Waals surface area contributed by atoms with Gasteiger partial charge in [0.05, 0.1) is 5.92 Å². The van der Waals surface area contributed by atoms with Crippen molar-refractivity contribution in [3.63, 3.8) is 0 Å². The van der Waals surface area contributed by atoms with Crippen LogP contribution in [0.4, 0.5) is 13.2 Å². The van der Waals surface area contributed by atoms with Crippen LogP contribution in [0.1, 0.15) is 37.2 Å². The predicted octanol–water partition coefficient (Wildman–Crippen LogP) is 3.34. The van der Waals surface area contributed by atoms with E-state index in [-0.39, 0.29) is 37.8 Å². The molecule has 1 amide bonds. The van der Waals surface area contributed by atoms with E-state index in [4.69, 9.17) is 0 Å². The molecule has 0 spiro atoms. The second-order valence-corrected chi connectivity index (χ2v) is 6.87. The normalized spacial score (nSPS) is 22.2. The highest BCUT2D eigenvalue weighted by molar-refractivity contribution is 5.84. The Bertz CT molecular complexity index is 563. The van der Waals surface area contributed by atoms with E-state index in [0.717, 1.165) is 18.4 Å². The maximum atomic E-state index is 12.9. The van der Waals surface area contributed by atoms with Crippen molar-refractivity contribution in [2.24, 2.45) is 11.8 Å². The van der Waals surface area contributed by atoms with Crippen molar-refractivity contribution in [3.8, 4) is 0 Å². The van der Waals surface area contributed by atoms with Crippen molar-refractivity contribution in [2.75, 3.05) is 13.1 Å². The van der Waals surface area contributed by atoms with Crippen molar-refractivity contribution < 1.29 is 23.1 Å². The molecule has 2 unspecified atom stereocenters. The average molecular weight is 341 g/mol. The Morgan fingerprint density at radius 3 is 2.12 bits per heavy atom. The van der Waals surface area contributed by atoms with Gasteiger partial charge in [-0.05, 0) is 43.1 Å². The zero-order chi connectivity index (χ0) is 17.3. The van der Waals surface area contributed by atoms with Gasteiger partial charge in [-0.2, -0.15) is 13.2 Å². The number of carbonyl (C=O) groups excluding carboxylic acids is 1. The standard InChI is InChI=1S/C18H22F3NO2/c19-18(20,21)16(23)14-8-10-22(11-9-14)17(24)15(13-6-7-13)12-4-2-1-3-5-12/h1-5,13-16,23H,6-11H2. The summed E-state index contributed by atoms with van der Waals surface area (Å²) in [4.78, 5) is 14.6. The molecular weight excluding hydrogens is 319 g/mol. The van der Waals surface area contributed by atoms with Crippen molar-refractivity contribution >= 4 is 5.91 Å². The van der Waals surface area contributed by atoms with Gasteiger partial charge >= 0.3 is 6.18 Å². The molecule has 3 nitrogen and oxygen atoms in total. The van der Waals surface area contributed by atoms with Crippen molar-refractivity contribution in [1.29, 1.82) is 0 Å². The first-order valence-corrected chi connectivity index (χ1v) is 8.46. The summed E-state index contributed by atoms with van der Waals surface area (Å²) in [5.74, 6) is -0.637. The number of alkyl halides is 3. The third kappa shape index (κ3) is 3.74. The summed E-state index contributed by atoms with van der Waals surface area (Å²) in [6, 6.07) is 9.61. The van der Waals surface area contributed by atoms with Gasteiger partial charge in [-0.25, -0.2) is 0 Å². The minimum Gasteiger partial charge on any atom is -0.383 e. The molecule has 1 saturated heterocycles. The number of benzene rings is 1. The molecule has 1 aliphatic carbocycles. The maximum Gasteiger partial charge on any atom is 0.414 e. The van der Waals surface area contributed by atoms with Crippen molar-refractivity contribution in [3.05, 3.63) is 35.9 Å². The van der Waals surface area contributed by atoms with E-state index in [9.17, 15) is 23.1 Å². The lowest BCUT2D eigenvalue weighted by Crippen LogP contribution is -2.46. The molecule has 3 rings (SSSR count). The molecule has 2 aliphatic rings. The third-order valence-corrected chi connectivity index (χ3v) is 5.15. The molecule has 1 aromatic rings. The minimum atomic E-state index is -4.59. The van der Waals surface area contributed by atoms with E-state index in [1.165, 1.54) is 0 Å². The lowest BCUT2D eigenvalue weighted by molar-refractivity contribution is -0.223. The molecule has 2 fully saturated rings. The Balaban J connectivity index is 1.64. The molecule has 1 saturated carbocycles. The van der Waals surface area contributed by atoms with Crippen LogP contribution < -0.4 is 0 Å². The van der Waals surface area contributed by atoms with E-state index in [1.807, 2.05) is 30.3 Å². The second-order valence-electron chi connectivity index (χ2n) is 6.87. The highest BCUT2D eigenvalue weighted by Gasteiger charge is 2.45. The quantitative estimate of drug-likeness (QED) is 0.912. The van der Waals surface area contributed by atoms with E-state index >= 15 is 0 Å². The van der Waals surface area contributed by atoms with Crippen LogP contribution in [0.15, 0.2) is 30.3 Å².